The van der Waals surface area contributed by atoms with Gasteiger partial charge in [-0.1, -0.05) is 19.1 Å². The van der Waals surface area contributed by atoms with Gasteiger partial charge in [0, 0.05) is 5.56 Å². The molecule has 0 saturated heterocycles. The summed E-state index contributed by atoms with van der Waals surface area (Å²) in [6.45, 7) is 5.39. The lowest BCUT2D eigenvalue weighted by molar-refractivity contribution is -0.137. The molecular formula is C17H21F3N2O. The van der Waals surface area contributed by atoms with Gasteiger partial charge in [0.05, 0.1) is 12.1 Å². The van der Waals surface area contributed by atoms with E-state index < -0.39 is 11.7 Å². The number of alkyl halides is 3. The number of nitrogens with one attached hydrogen (secondary N) is 2. The van der Waals surface area contributed by atoms with Gasteiger partial charge < -0.3 is 15.1 Å². The molecule has 6 heteroatoms. The third-order valence-corrected chi connectivity index (χ3v) is 3.39. The molecule has 2 aromatic rings. The van der Waals surface area contributed by atoms with Gasteiger partial charge in [-0.05, 0) is 50.3 Å². The average Bonchev–Trinajstić information content (AvgIpc) is 2.99. The summed E-state index contributed by atoms with van der Waals surface area (Å²) in [6.07, 6.45) is -3.34. The summed E-state index contributed by atoms with van der Waals surface area (Å²) in [4.78, 5) is 0. The average molecular weight is 326 g/mol. The molecule has 0 saturated carbocycles. The lowest BCUT2D eigenvalue weighted by atomic mass is 10.1. The maximum Gasteiger partial charge on any atom is 0.416 e. The van der Waals surface area contributed by atoms with Crippen molar-refractivity contribution in [2.75, 3.05) is 19.6 Å². The van der Waals surface area contributed by atoms with Crippen LogP contribution in [0.3, 0.4) is 0 Å². The SMILES string of the molecule is CCNCCCNCc1ccc(-c2cccc(C(F)(F)F)c2)o1. The highest BCUT2D eigenvalue weighted by Gasteiger charge is 2.30. The second-order valence-corrected chi connectivity index (χ2v) is 5.23. The molecule has 0 unspecified atom stereocenters. The fraction of sp³-hybridized carbons (Fsp3) is 0.412. The molecule has 1 aromatic carbocycles. The normalized spacial score (nSPS) is 11.8. The molecule has 0 atom stereocenters. The second kappa shape index (κ2) is 8.17. The molecule has 0 fully saturated rings. The molecule has 0 aliphatic rings. The Morgan fingerprint density at radius 1 is 1.04 bits per heavy atom. The summed E-state index contributed by atoms with van der Waals surface area (Å²) >= 11 is 0. The predicted molar refractivity (Wildman–Crippen MR) is 84.0 cm³/mol. The largest absolute Gasteiger partial charge is 0.460 e. The molecule has 1 aromatic heterocycles. The highest BCUT2D eigenvalue weighted by Crippen LogP contribution is 2.32. The van der Waals surface area contributed by atoms with E-state index in [1.54, 1.807) is 18.2 Å². The molecule has 0 radical (unpaired) electrons. The Hall–Kier alpha value is -1.79. The molecule has 126 valence electrons. The van der Waals surface area contributed by atoms with Crippen LogP contribution in [0.4, 0.5) is 13.2 Å². The monoisotopic (exact) mass is 326 g/mol. The summed E-state index contributed by atoms with van der Waals surface area (Å²) in [5.74, 6) is 1.15. The first-order valence-electron chi connectivity index (χ1n) is 7.68. The number of furan rings is 1. The summed E-state index contributed by atoms with van der Waals surface area (Å²) < 4.78 is 43.8. The van der Waals surface area contributed by atoms with Crippen molar-refractivity contribution in [2.24, 2.45) is 0 Å². The van der Waals surface area contributed by atoms with Gasteiger partial charge in [-0.15, -0.1) is 0 Å². The van der Waals surface area contributed by atoms with Gasteiger partial charge in [0.15, 0.2) is 0 Å². The highest BCUT2D eigenvalue weighted by molar-refractivity contribution is 5.58. The second-order valence-electron chi connectivity index (χ2n) is 5.23. The molecule has 1 heterocycles. The lowest BCUT2D eigenvalue weighted by Gasteiger charge is -2.07. The van der Waals surface area contributed by atoms with E-state index in [0.717, 1.165) is 38.2 Å². The lowest BCUT2D eigenvalue weighted by Crippen LogP contribution is -2.21. The molecular weight excluding hydrogens is 305 g/mol. The summed E-state index contributed by atoms with van der Waals surface area (Å²) in [5.41, 5.74) is -0.243. The Bertz CT molecular complexity index is 608. The zero-order valence-electron chi connectivity index (χ0n) is 13.0. The quantitative estimate of drug-likeness (QED) is 0.719. The number of rotatable bonds is 8. The molecule has 0 bridgehead atoms. The van der Waals surface area contributed by atoms with Crippen molar-refractivity contribution in [1.82, 2.24) is 10.6 Å². The van der Waals surface area contributed by atoms with Crippen molar-refractivity contribution in [2.45, 2.75) is 26.1 Å². The number of benzene rings is 1. The van der Waals surface area contributed by atoms with Crippen LogP contribution < -0.4 is 10.6 Å². The number of hydrogen-bond acceptors (Lipinski definition) is 3. The van der Waals surface area contributed by atoms with E-state index in [1.807, 2.05) is 0 Å². The van der Waals surface area contributed by atoms with Crippen molar-refractivity contribution in [3.8, 4) is 11.3 Å². The minimum absolute atomic E-state index is 0.429. The fourth-order valence-electron chi connectivity index (χ4n) is 2.20. The summed E-state index contributed by atoms with van der Waals surface area (Å²) in [7, 11) is 0. The van der Waals surface area contributed by atoms with E-state index in [2.05, 4.69) is 17.6 Å². The van der Waals surface area contributed by atoms with Gasteiger partial charge >= 0.3 is 6.18 Å². The van der Waals surface area contributed by atoms with Gasteiger partial charge in [0.25, 0.3) is 0 Å². The van der Waals surface area contributed by atoms with E-state index >= 15 is 0 Å². The summed E-state index contributed by atoms with van der Waals surface area (Å²) in [5, 5.41) is 6.48. The Morgan fingerprint density at radius 2 is 1.83 bits per heavy atom. The Kier molecular flexibility index (Phi) is 6.24. The molecule has 0 aliphatic heterocycles. The van der Waals surface area contributed by atoms with Crippen LogP contribution in [-0.4, -0.2) is 19.6 Å². The van der Waals surface area contributed by atoms with Gasteiger partial charge in [0.2, 0.25) is 0 Å². The maximum atomic E-state index is 12.7. The Labute approximate surface area is 133 Å². The van der Waals surface area contributed by atoms with Crippen LogP contribution >= 0.6 is 0 Å². The third kappa shape index (κ3) is 5.41. The van der Waals surface area contributed by atoms with Crippen LogP contribution in [0, 0.1) is 0 Å². The van der Waals surface area contributed by atoms with Gasteiger partial charge in [-0.3, -0.25) is 0 Å². The molecule has 0 amide bonds. The molecule has 0 aliphatic carbocycles. The minimum Gasteiger partial charge on any atom is -0.460 e. The maximum absolute atomic E-state index is 12.7. The van der Waals surface area contributed by atoms with Crippen LogP contribution in [0.1, 0.15) is 24.7 Å². The van der Waals surface area contributed by atoms with Crippen LogP contribution in [-0.2, 0) is 12.7 Å². The Balaban J connectivity index is 1.92. The van der Waals surface area contributed by atoms with Gasteiger partial charge in [-0.25, -0.2) is 0 Å². The van der Waals surface area contributed by atoms with Crippen molar-refractivity contribution in [3.05, 3.63) is 47.7 Å². The molecule has 23 heavy (non-hydrogen) atoms. The van der Waals surface area contributed by atoms with E-state index in [4.69, 9.17) is 4.42 Å². The van der Waals surface area contributed by atoms with Crippen molar-refractivity contribution < 1.29 is 17.6 Å². The first-order valence-corrected chi connectivity index (χ1v) is 7.68. The first kappa shape index (κ1) is 17.6. The Morgan fingerprint density at radius 3 is 2.57 bits per heavy atom. The highest BCUT2D eigenvalue weighted by atomic mass is 19.4. The van der Waals surface area contributed by atoms with Gasteiger partial charge in [0.1, 0.15) is 11.5 Å². The van der Waals surface area contributed by atoms with Crippen LogP contribution in [0.2, 0.25) is 0 Å². The molecule has 3 nitrogen and oxygen atoms in total. The smallest absolute Gasteiger partial charge is 0.416 e. The third-order valence-electron chi connectivity index (χ3n) is 3.39. The van der Waals surface area contributed by atoms with Crippen molar-refractivity contribution in [1.29, 1.82) is 0 Å². The number of halogens is 3. The zero-order chi connectivity index (χ0) is 16.7. The molecule has 2 N–H and O–H groups in total. The van der Waals surface area contributed by atoms with Crippen molar-refractivity contribution in [3.63, 3.8) is 0 Å². The van der Waals surface area contributed by atoms with Crippen LogP contribution in [0.25, 0.3) is 11.3 Å². The van der Waals surface area contributed by atoms with E-state index in [9.17, 15) is 13.2 Å². The molecule has 0 spiro atoms. The fourth-order valence-corrected chi connectivity index (χ4v) is 2.20. The minimum atomic E-state index is -4.35. The first-order chi connectivity index (χ1) is 11.0. The standard InChI is InChI=1S/C17H21F3N2O/c1-2-21-9-4-10-22-12-15-7-8-16(23-15)13-5-3-6-14(11-13)17(18,19)20/h3,5-8,11,21-22H,2,4,9-10,12H2,1H3. The predicted octanol–water partition coefficient (Wildman–Crippen LogP) is 4.05. The van der Waals surface area contributed by atoms with E-state index in [-0.39, 0.29) is 0 Å². The van der Waals surface area contributed by atoms with E-state index in [1.165, 1.54) is 6.07 Å². The summed E-state index contributed by atoms with van der Waals surface area (Å²) in [6, 6.07) is 8.64. The zero-order valence-corrected chi connectivity index (χ0v) is 13.0. The molecule has 2 rings (SSSR count). The van der Waals surface area contributed by atoms with Crippen molar-refractivity contribution >= 4 is 0 Å². The van der Waals surface area contributed by atoms with E-state index in [0.29, 0.717) is 23.6 Å². The van der Waals surface area contributed by atoms with Crippen LogP contribution in [0.5, 0.6) is 0 Å². The van der Waals surface area contributed by atoms with Gasteiger partial charge in [-0.2, -0.15) is 13.2 Å². The topological polar surface area (TPSA) is 37.2 Å². The number of hydrogen-bond donors (Lipinski definition) is 2. The van der Waals surface area contributed by atoms with Crippen LogP contribution in [0.15, 0.2) is 40.8 Å².